The molecule has 17 heavy (non-hydrogen) atoms. The third-order valence-corrected chi connectivity index (χ3v) is 3.62. The van der Waals surface area contributed by atoms with E-state index in [1.54, 1.807) is 0 Å². The van der Waals surface area contributed by atoms with E-state index in [9.17, 15) is 0 Å². The molecule has 2 fully saturated rings. The molecule has 1 aromatic rings. The van der Waals surface area contributed by atoms with Gasteiger partial charge in [0.2, 0.25) is 5.89 Å². The van der Waals surface area contributed by atoms with Gasteiger partial charge in [0, 0.05) is 52.2 Å². The van der Waals surface area contributed by atoms with E-state index < -0.39 is 0 Å². The summed E-state index contributed by atoms with van der Waals surface area (Å²) in [7, 11) is 0. The molecule has 0 bridgehead atoms. The molecule has 0 saturated carbocycles. The maximum Gasteiger partial charge on any atom is 0.223 e. The normalized spacial score (nSPS) is 23.8. The largest absolute Gasteiger partial charge is 0.340 e. The minimum Gasteiger partial charge on any atom is -0.340 e. The van der Waals surface area contributed by atoms with Crippen LogP contribution in [0.3, 0.4) is 0 Å². The van der Waals surface area contributed by atoms with Crippen LogP contribution in [-0.4, -0.2) is 65.3 Å². The Labute approximate surface area is 101 Å². The Morgan fingerprint density at radius 2 is 2.06 bits per heavy atom. The van der Waals surface area contributed by atoms with Crippen molar-refractivity contribution in [1.82, 2.24) is 25.3 Å². The molecular weight excluding hydrogens is 218 g/mol. The zero-order valence-electron chi connectivity index (χ0n) is 10.2. The number of piperazine rings is 1. The summed E-state index contributed by atoms with van der Waals surface area (Å²) < 4.78 is 4.99. The molecule has 2 aliphatic heterocycles. The fraction of sp³-hybridized carbons (Fsp3) is 0.818. The van der Waals surface area contributed by atoms with Gasteiger partial charge in [0.1, 0.15) is 0 Å². The van der Waals surface area contributed by atoms with E-state index in [-0.39, 0.29) is 0 Å². The molecule has 6 heteroatoms. The highest BCUT2D eigenvalue weighted by atomic mass is 16.5. The van der Waals surface area contributed by atoms with E-state index in [2.05, 4.69) is 25.3 Å². The fourth-order valence-corrected chi connectivity index (χ4v) is 2.42. The van der Waals surface area contributed by atoms with Crippen LogP contribution in [0.1, 0.15) is 11.7 Å². The first-order valence-corrected chi connectivity index (χ1v) is 6.27. The number of rotatable bonds is 3. The molecule has 0 atom stereocenters. The van der Waals surface area contributed by atoms with E-state index in [0.717, 1.165) is 57.7 Å². The molecule has 0 aromatic carbocycles. The van der Waals surface area contributed by atoms with Gasteiger partial charge in [-0.25, -0.2) is 0 Å². The van der Waals surface area contributed by atoms with Gasteiger partial charge in [-0.05, 0) is 0 Å². The molecule has 1 N–H and O–H groups in total. The van der Waals surface area contributed by atoms with E-state index in [1.807, 2.05) is 6.92 Å². The Balaban J connectivity index is 1.47. The standard InChI is InChI=1S/C11H19N5O/c1-9-13-11(14-17-9)8-15-2-4-16(5-3-15)10-6-12-7-10/h10,12H,2-8H2,1H3. The average Bonchev–Trinajstić information content (AvgIpc) is 2.64. The topological polar surface area (TPSA) is 57.4 Å². The van der Waals surface area contributed by atoms with E-state index in [4.69, 9.17) is 4.52 Å². The molecular formula is C11H19N5O. The van der Waals surface area contributed by atoms with Crippen molar-refractivity contribution < 1.29 is 4.52 Å². The van der Waals surface area contributed by atoms with Gasteiger partial charge in [-0.2, -0.15) is 4.98 Å². The van der Waals surface area contributed by atoms with Crippen LogP contribution in [0.25, 0.3) is 0 Å². The van der Waals surface area contributed by atoms with E-state index in [0.29, 0.717) is 5.89 Å². The van der Waals surface area contributed by atoms with Gasteiger partial charge in [-0.1, -0.05) is 5.16 Å². The molecule has 0 radical (unpaired) electrons. The molecule has 0 unspecified atom stereocenters. The number of aromatic nitrogens is 2. The van der Waals surface area contributed by atoms with Gasteiger partial charge in [0.25, 0.3) is 0 Å². The minimum absolute atomic E-state index is 0.652. The van der Waals surface area contributed by atoms with Crippen molar-refractivity contribution in [3.8, 4) is 0 Å². The summed E-state index contributed by atoms with van der Waals surface area (Å²) >= 11 is 0. The molecule has 0 amide bonds. The van der Waals surface area contributed by atoms with E-state index >= 15 is 0 Å². The van der Waals surface area contributed by atoms with Gasteiger partial charge < -0.3 is 9.84 Å². The van der Waals surface area contributed by atoms with Gasteiger partial charge >= 0.3 is 0 Å². The number of aryl methyl sites for hydroxylation is 1. The van der Waals surface area contributed by atoms with Gasteiger partial charge in [0.15, 0.2) is 5.82 Å². The van der Waals surface area contributed by atoms with Crippen molar-refractivity contribution in [2.45, 2.75) is 19.5 Å². The molecule has 3 rings (SSSR count). The summed E-state index contributed by atoms with van der Waals surface area (Å²) in [5.74, 6) is 1.46. The minimum atomic E-state index is 0.652. The second-order valence-corrected chi connectivity index (χ2v) is 4.85. The Morgan fingerprint density at radius 1 is 1.29 bits per heavy atom. The van der Waals surface area contributed by atoms with Crippen LogP contribution in [0, 0.1) is 6.92 Å². The van der Waals surface area contributed by atoms with Gasteiger partial charge in [0.05, 0.1) is 6.54 Å². The van der Waals surface area contributed by atoms with Crippen LogP contribution >= 0.6 is 0 Å². The van der Waals surface area contributed by atoms with Crippen LogP contribution in [-0.2, 0) is 6.54 Å². The monoisotopic (exact) mass is 237 g/mol. The number of nitrogens with one attached hydrogen (secondary N) is 1. The Bertz CT molecular complexity index is 368. The molecule has 0 aliphatic carbocycles. The molecule has 2 saturated heterocycles. The van der Waals surface area contributed by atoms with Crippen LogP contribution < -0.4 is 5.32 Å². The Morgan fingerprint density at radius 3 is 2.59 bits per heavy atom. The zero-order chi connectivity index (χ0) is 11.7. The first kappa shape index (κ1) is 11.1. The summed E-state index contributed by atoms with van der Waals surface area (Å²) in [6.07, 6.45) is 0. The maximum absolute atomic E-state index is 4.99. The van der Waals surface area contributed by atoms with Crippen LogP contribution in [0.2, 0.25) is 0 Å². The second-order valence-electron chi connectivity index (χ2n) is 4.85. The second kappa shape index (κ2) is 4.72. The van der Waals surface area contributed by atoms with Gasteiger partial charge in [-0.3, -0.25) is 9.80 Å². The summed E-state index contributed by atoms with van der Waals surface area (Å²) in [5, 5.41) is 7.26. The summed E-state index contributed by atoms with van der Waals surface area (Å²) in [6, 6.07) is 0.768. The number of hydrogen-bond donors (Lipinski definition) is 1. The molecule has 0 spiro atoms. The summed E-state index contributed by atoms with van der Waals surface area (Å²) in [4.78, 5) is 9.22. The van der Waals surface area contributed by atoms with Crippen molar-refractivity contribution in [2.75, 3.05) is 39.3 Å². The maximum atomic E-state index is 4.99. The van der Waals surface area contributed by atoms with Crippen LogP contribution in [0.5, 0.6) is 0 Å². The predicted molar refractivity (Wildman–Crippen MR) is 62.5 cm³/mol. The Kier molecular flexibility index (Phi) is 3.09. The van der Waals surface area contributed by atoms with Crippen LogP contribution in [0.15, 0.2) is 4.52 Å². The number of hydrogen-bond acceptors (Lipinski definition) is 6. The highest BCUT2D eigenvalue weighted by molar-refractivity contribution is 4.89. The molecule has 94 valence electrons. The first-order valence-electron chi connectivity index (χ1n) is 6.27. The lowest BCUT2D eigenvalue weighted by Crippen LogP contribution is -2.61. The lowest BCUT2D eigenvalue weighted by Gasteiger charge is -2.43. The van der Waals surface area contributed by atoms with E-state index in [1.165, 1.54) is 0 Å². The van der Waals surface area contributed by atoms with Crippen molar-refractivity contribution in [2.24, 2.45) is 0 Å². The van der Waals surface area contributed by atoms with Crippen LogP contribution in [0.4, 0.5) is 0 Å². The third-order valence-electron chi connectivity index (χ3n) is 3.62. The SMILES string of the molecule is Cc1nc(CN2CCN(C3CNC3)CC2)no1. The molecule has 1 aromatic heterocycles. The number of nitrogens with zero attached hydrogens (tertiary/aromatic N) is 4. The van der Waals surface area contributed by atoms with Crippen molar-refractivity contribution in [3.05, 3.63) is 11.7 Å². The van der Waals surface area contributed by atoms with Gasteiger partial charge in [-0.15, -0.1) is 0 Å². The van der Waals surface area contributed by atoms with Crippen molar-refractivity contribution >= 4 is 0 Å². The predicted octanol–water partition coefficient (Wildman–Crippen LogP) is -0.533. The summed E-state index contributed by atoms with van der Waals surface area (Å²) in [5.41, 5.74) is 0. The highest BCUT2D eigenvalue weighted by Gasteiger charge is 2.27. The lowest BCUT2D eigenvalue weighted by atomic mass is 10.1. The first-order chi connectivity index (χ1) is 8.31. The Hall–Kier alpha value is -0.980. The van der Waals surface area contributed by atoms with Crippen molar-refractivity contribution in [3.63, 3.8) is 0 Å². The van der Waals surface area contributed by atoms with Crippen molar-refractivity contribution in [1.29, 1.82) is 0 Å². The highest BCUT2D eigenvalue weighted by Crippen LogP contribution is 2.11. The molecule has 3 heterocycles. The zero-order valence-corrected chi connectivity index (χ0v) is 10.2. The molecule has 2 aliphatic rings. The molecule has 6 nitrogen and oxygen atoms in total. The smallest absolute Gasteiger partial charge is 0.223 e. The quantitative estimate of drug-likeness (QED) is 0.762. The average molecular weight is 237 g/mol. The summed E-state index contributed by atoms with van der Waals surface area (Å²) in [6.45, 7) is 9.47. The third kappa shape index (κ3) is 2.48. The lowest BCUT2D eigenvalue weighted by molar-refractivity contribution is 0.0681. The fourth-order valence-electron chi connectivity index (χ4n) is 2.42.